The average Bonchev–Trinajstić information content (AvgIpc) is 2.85. The number of nitrogens with zero attached hydrogens (tertiary/aromatic N) is 2. The van der Waals surface area contributed by atoms with Crippen LogP contribution in [0.1, 0.15) is 31.1 Å². The largest absolute Gasteiger partial charge is 0.491 e. The Bertz CT molecular complexity index is 487. The van der Waals surface area contributed by atoms with Crippen molar-refractivity contribution in [2.24, 2.45) is 5.84 Å². The molecule has 1 aromatic heterocycles. The third kappa shape index (κ3) is 2.84. The highest BCUT2D eigenvalue weighted by molar-refractivity contribution is 7.03. The number of aromatic nitrogens is 2. The molecule has 18 heavy (non-hydrogen) atoms. The lowest BCUT2D eigenvalue weighted by Crippen LogP contribution is -2.29. The van der Waals surface area contributed by atoms with E-state index in [2.05, 4.69) is 15.0 Å². The summed E-state index contributed by atoms with van der Waals surface area (Å²) < 4.78 is 9.65. The molecule has 1 heterocycles. The minimum atomic E-state index is -0.210. The molecule has 0 aliphatic heterocycles. The van der Waals surface area contributed by atoms with E-state index in [1.165, 1.54) is 11.5 Å². The predicted octanol–water partition coefficient (Wildman–Crippen LogP) is 1.88. The number of para-hydroxylation sites is 1. The Morgan fingerprint density at radius 1 is 1.33 bits per heavy atom. The van der Waals surface area contributed by atoms with Gasteiger partial charge >= 0.3 is 0 Å². The fraction of sp³-hybridized carbons (Fsp3) is 0.333. The first-order chi connectivity index (χ1) is 8.72. The van der Waals surface area contributed by atoms with Crippen molar-refractivity contribution < 1.29 is 4.74 Å². The zero-order chi connectivity index (χ0) is 13.0. The van der Waals surface area contributed by atoms with E-state index in [0.717, 1.165) is 17.0 Å². The van der Waals surface area contributed by atoms with Crippen molar-refractivity contribution in [1.82, 2.24) is 15.0 Å². The van der Waals surface area contributed by atoms with E-state index in [4.69, 9.17) is 10.6 Å². The van der Waals surface area contributed by atoms with Crippen molar-refractivity contribution in [2.45, 2.75) is 26.0 Å². The first kappa shape index (κ1) is 12.9. The van der Waals surface area contributed by atoms with Crippen LogP contribution in [0.5, 0.6) is 5.75 Å². The van der Waals surface area contributed by atoms with Gasteiger partial charge in [0.2, 0.25) is 0 Å². The Morgan fingerprint density at radius 2 is 2.11 bits per heavy atom. The zero-order valence-electron chi connectivity index (χ0n) is 10.3. The normalized spacial score (nSPS) is 12.7. The summed E-state index contributed by atoms with van der Waals surface area (Å²) in [5.41, 5.74) is 4.51. The Morgan fingerprint density at radius 3 is 2.72 bits per heavy atom. The summed E-state index contributed by atoms with van der Waals surface area (Å²) in [5, 5.41) is 5.93. The van der Waals surface area contributed by atoms with E-state index in [1.807, 2.05) is 43.5 Å². The van der Waals surface area contributed by atoms with Crippen LogP contribution in [0, 0.1) is 0 Å². The fourth-order valence-corrected chi connectivity index (χ4v) is 2.19. The SMILES string of the molecule is CC(C)Oc1ccccc1C(NN)c1csnn1. The molecule has 0 saturated heterocycles. The van der Waals surface area contributed by atoms with E-state index in [-0.39, 0.29) is 12.1 Å². The summed E-state index contributed by atoms with van der Waals surface area (Å²) >= 11 is 1.30. The second kappa shape index (κ2) is 5.90. The summed E-state index contributed by atoms with van der Waals surface area (Å²) in [4.78, 5) is 0. The number of benzene rings is 1. The van der Waals surface area contributed by atoms with Crippen molar-refractivity contribution >= 4 is 11.5 Å². The van der Waals surface area contributed by atoms with Gasteiger partial charge in [-0.3, -0.25) is 5.84 Å². The zero-order valence-corrected chi connectivity index (χ0v) is 11.1. The molecular formula is C12H16N4OS. The van der Waals surface area contributed by atoms with Crippen LogP contribution in [0.2, 0.25) is 0 Å². The fourth-order valence-electron chi connectivity index (χ4n) is 1.71. The van der Waals surface area contributed by atoms with E-state index in [9.17, 15) is 0 Å². The van der Waals surface area contributed by atoms with Crippen LogP contribution in [-0.2, 0) is 0 Å². The summed E-state index contributed by atoms with van der Waals surface area (Å²) in [6.45, 7) is 3.98. The van der Waals surface area contributed by atoms with Crippen LogP contribution in [-0.4, -0.2) is 15.7 Å². The number of nitrogens with two attached hydrogens (primary N) is 1. The monoisotopic (exact) mass is 264 g/mol. The highest BCUT2D eigenvalue weighted by Gasteiger charge is 2.19. The van der Waals surface area contributed by atoms with Gasteiger partial charge in [0, 0.05) is 10.9 Å². The summed E-state index contributed by atoms with van der Waals surface area (Å²) in [7, 11) is 0. The molecule has 0 amide bonds. The lowest BCUT2D eigenvalue weighted by molar-refractivity contribution is 0.238. The van der Waals surface area contributed by atoms with Crippen molar-refractivity contribution in [2.75, 3.05) is 0 Å². The van der Waals surface area contributed by atoms with Crippen molar-refractivity contribution in [1.29, 1.82) is 0 Å². The Balaban J connectivity index is 2.36. The van der Waals surface area contributed by atoms with Gasteiger partial charge in [-0.2, -0.15) is 0 Å². The molecule has 1 aromatic carbocycles. The Hall–Kier alpha value is -1.50. The average molecular weight is 264 g/mol. The first-order valence-electron chi connectivity index (χ1n) is 5.71. The molecule has 0 fully saturated rings. The van der Waals surface area contributed by atoms with E-state index >= 15 is 0 Å². The number of rotatable bonds is 5. The molecule has 96 valence electrons. The Kier molecular flexibility index (Phi) is 4.24. The minimum absolute atomic E-state index is 0.109. The van der Waals surface area contributed by atoms with Crippen LogP contribution >= 0.6 is 11.5 Å². The standard InChI is InChI=1S/C12H16N4OS/c1-8(2)17-11-6-4-3-5-9(11)12(14-13)10-7-18-16-15-10/h3-8,12,14H,13H2,1-2H3. The van der Waals surface area contributed by atoms with Gasteiger partial charge in [0.05, 0.1) is 17.8 Å². The third-order valence-corrected chi connectivity index (χ3v) is 2.95. The molecule has 0 aliphatic rings. The predicted molar refractivity (Wildman–Crippen MR) is 71.3 cm³/mol. The van der Waals surface area contributed by atoms with Gasteiger partial charge in [-0.05, 0) is 31.4 Å². The van der Waals surface area contributed by atoms with Gasteiger partial charge in [-0.15, -0.1) is 5.10 Å². The summed E-state index contributed by atoms with van der Waals surface area (Å²) in [6.07, 6.45) is 0.109. The van der Waals surface area contributed by atoms with Crippen LogP contribution in [0.4, 0.5) is 0 Å². The first-order valence-corrected chi connectivity index (χ1v) is 6.54. The topological polar surface area (TPSA) is 73.1 Å². The van der Waals surface area contributed by atoms with Gasteiger partial charge in [-0.1, -0.05) is 22.7 Å². The van der Waals surface area contributed by atoms with Crippen LogP contribution in [0.3, 0.4) is 0 Å². The quantitative estimate of drug-likeness (QED) is 0.637. The number of nitrogens with one attached hydrogen (secondary N) is 1. The molecule has 0 aliphatic carbocycles. The number of hydrazine groups is 1. The lowest BCUT2D eigenvalue weighted by Gasteiger charge is -2.19. The highest BCUT2D eigenvalue weighted by atomic mass is 32.1. The lowest BCUT2D eigenvalue weighted by atomic mass is 10.0. The summed E-state index contributed by atoms with van der Waals surface area (Å²) in [6, 6.07) is 7.58. The molecule has 0 radical (unpaired) electrons. The molecular weight excluding hydrogens is 248 g/mol. The highest BCUT2D eigenvalue weighted by Crippen LogP contribution is 2.29. The van der Waals surface area contributed by atoms with Crippen molar-refractivity contribution in [3.8, 4) is 5.75 Å². The van der Waals surface area contributed by atoms with Gasteiger partial charge in [0.25, 0.3) is 0 Å². The van der Waals surface area contributed by atoms with Gasteiger partial charge in [0.1, 0.15) is 5.75 Å². The molecule has 6 heteroatoms. The second-order valence-corrected chi connectivity index (χ2v) is 4.74. The van der Waals surface area contributed by atoms with E-state index in [0.29, 0.717) is 0 Å². The van der Waals surface area contributed by atoms with Crippen LogP contribution < -0.4 is 16.0 Å². The molecule has 0 spiro atoms. The second-order valence-electron chi connectivity index (χ2n) is 4.13. The third-order valence-electron chi connectivity index (χ3n) is 2.43. The van der Waals surface area contributed by atoms with E-state index in [1.54, 1.807) is 0 Å². The van der Waals surface area contributed by atoms with Gasteiger partial charge < -0.3 is 4.74 Å². The van der Waals surface area contributed by atoms with Gasteiger partial charge in [0.15, 0.2) is 0 Å². The molecule has 0 saturated carbocycles. The molecule has 3 N–H and O–H groups in total. The molecule has 5 nitrogen and oxygen atoms in total. The molecule has 0 bridgehead atoms. The number of hydrogen-bond donors (Lipinski definition) is 2. The molecule has 2 aromatic rings. The Labute approximate surface area is 110 Å². The number of hydrogen-bond acceptors (Lipinski definition) is 6. The maximum absolute atomic E-state index is 5.79. The van der Waals surface area contributed by atoms with E-state index < -0.39 is 0 Å². The molecule has 1 atom stereocenters. The van der Waals surface area contributed by atoms with Gasteiger partial charge in [-0.25, -0.2) is 5.43 Å². The maximum atomic E-state index is 5.79. The van der Waals surface area contributed by atoms with Crippen molar-refractivity contribution in [3.05, 3.63) is 40.9 Å². The minimum Gasteiger partial charge on any atom is -0.491 e. The maximum Gasteiger partial charge on any atom is 0.124 e. The summed E-state index contributed by atoms with van der Waals surface area (Å²) in [5.74, 6) is 6.44. The number of ether oxygens (including phenoxy) is 1. The van der Waals surface area contributed by atoms with Crippen LogP contribution in [0.25, 0.3) is 0 Å². The smallest absolute Gasteiger partial charge is 0.124 e. The van der Waals surface area contributed by atoms with Crippen molar-refractivity contribution in [3.63, 3.8) is 0 Å². The van der Waals surface area contributed by atoms with Crippen LogP contribution in [0.15, 0.2) is 29.6 Å². The molecule has 2 rings (SSSR count). The molecule has 1 unspecified atom stereocenters.